The highest BCUT2D eigenvalue weighted by atomic mass is 16.3. The number of fused-ring (bicyclic) bond motifs is 4. The lowest BCUT2D eigenvalue weighted by Crippen LogP contribution is -2.21. The van der Waals surface area contributed by atoms with Crippen LogP contribution in [0.3, 0.4) is 0 Å². The van der Waals surface area contributed by atoms with E-state index in [1.54, 1.807) is 6.92 Å². The van der Waals surface area contributed by atoms with Gasteiger partial charge in [-0.3, -0.25) is 4.79 Å². The van der Waals surface area contributed by atoms with Crippen LogP contribution in [0.4, 0.5) is 0 Å². The van der Waals surface area contributed by atoms with Crippen LogP contribution in [-0.4, -0.2) is 25.5 Å². The molecule has 3 aromatic rings. The lowest BCUT2D eigenvalue weighted by atomic mass is 9.77. The smallest absolute Gasteiger partial charge is 0.200 e. The quantitative estimate of drug-likeness (QED) is 0.228. The molecule has 1 aliphatic rings. The third-order valence-corrected chi connectivity index (χ3v) is 5.91. The van der Waals surface area contributed by atoms with Gasteiger partial charge in [0, 0.05) is 34.7 Å². The lowest BCUT2D eigenvalue weighted by molar-refractivity contribution is 0.388. The maximum Gasteiger partial charge on any atom is 0.200 e. The van der Waals surface area contributed by atoms with Gasteiger partial charge >= 0.3 is 0 Å². The normalized spacial score (nSPS) is 14.7. The van der Waals surface area contributed by atoms with E-state index in [0.29, 0.717) is 11.1 Å². The minimum Gasteiger partial charge on any atom is -0.507 e. The molecule has 1 aliphatic carbocycles. The Hall–Kier alpha value is -3.87. The molecule has 5 N–H and O–H groups in total. The standard InChI is InChI=1S/C25H24O7/c1-10(2)5-6-12-15(26)8-17(28)21-22(30)14-7-13(11(3)4)19-20(25(14)32-24(12)21)16(27)9-18(29)23(19)31/h5,8-9,13,26-29,31H,3,6-7H2,1-2,4H3/t13-/m1/s1. The number of hydrogen-bond acceptors (Lipinski definition) is 7. The zero-order valence-corrected chi connectivity index (χ0v) is 18.0. The highest BCUT2D eigenvalue weighted by Gasteiger charge is 2.36. The van der Waals surface area contributed by atoms with E-state index in [-0.39, 0.29) is 57.8 Å². The van der Waals surface area contributed by atoms with Crippen LogP contribution in [0.1, 0.15) is 43.4 Å². The van der Waals surface area contributed by atoms with Crippen LogP contribution in [0.15, 0.2) is 45.1 Å². The molecular weight excluding hydrogens is 412 g/mol. The lowest BCUT2D eigenvalue weighted by Gasteiger charge is -2.28. The van der Waals surface area contributed by atoms with Crippen LogP contribution in [0.2, 0.25) is 0 Å². The van der Waals surface area contributed by atoms with Gasteiger partial charge in [-0.15, -0.1) is 0 Å². The summed E-state index contributed by atoms with van der Waals surface area (Å²) in [5.74, 6) is -2.50. The molecule has 0 saturated heterocycles. The van der Waals surface area contributed by atoms with Crippen molar-refractivity contribution in [2.45, 2.75) is 39.5 Å². The summed E-state index contributed by atoms with van der Waals surface area (Å²) in [6.45, 7) is 9.42. The third kappa shape index (κ3) is 3.09. The Morgan fingerprint density at radius 3 is 2.34 bits per heavy atom. The van der Waals surface area contributed by atoms with Gasteiger partial charge < -0.3 is 29.9 Å². The van der Waals surface area contributed by atoms with Crippen molar-refractivity contribution in [3.8, 4) is 40.1 Å². The van der Waals surface area contributed by atoms with Crippen molar-refractivity contribution in [3.63, 3.8) is 0 Å². The van der Waals surface area contributed by atoms with Gasteiger partial charge in [0.25, 0.3) is 0 Å². The zero-order chi connectivity index (χ0) is 23.5. The van der Waals surface area contributed by atoms with E-state index in [0.717, 1.165) is 17.7 Å². The molecule has 0 radical (unpaired) electrons. The predicted molar refractivity (Wildman–Crippen MR) is 121 cm³/mol. The molecule has 0 amide bonds. The van der Waals surface area contributed by atoms with E-state index < -0.39 is 28.6 Å². The molecule has 1 atom stereocenters. The van der Waals surface area contributed by atoms with Gasteiger partial charge in [0.1, 0.15) is 34.0 Å². The van der Waals surface area contributed by atoms with E-state index in [1.807, 2.05) is 19.9 Å². The fourth-order valence-electron chi connectivity index (χ4n) is 4.28. The fourth-order valence-corrected chi connectivity index (χ4v) is 4.28. The predicted octanol–water partition coefficient (Wildman–Crippen LogP) is 4.71. The Morgan fingerprint density at radius 1 is 1.06 bits per heavy atom. The second-order valence-corrected chi connectivity index (χ2v) is 8.48. The van der Waals surface area contributed by atoms with Gasteiger partial charge in [0.15, 0.2) is 16.9 Å². The number of phenolic OH excluding ortho intramolecular Hbond substituents is 5. The molecular formula is C25H24O7. The first kappa shape index (κ1) is 21.4. The van der Waals surface area contributed by atoms with Gasteiger partial charge in [0.2, 0.25) is 0 Å². The van der Waals surface area contributed by atoms with Gasteiger partial charge in [-0.1, -0.05) is 23.8 Å². The Kier molecular flexibility index (Phi) is 4.92. The SMILES string of the molecule is C=C(C)[C@H]1Cc2c(oc3c(CC=C(C)C)c(O)cc(O)c3c2=O)-c2c(O)cc(O)c(O)c21. The number of hydrogen-bond donors (Lipinski definition) is 5. The molecule has 0 bridgehead atoms. The summed E-state index contributed by atoms with van der Waals surface area (Å²) in [4.78, 5) is 13.5. The summed E-state index contributed by atoms with van der Waals surface area (Å²) in [6.07, 6.45) is 2.19. The molecule has 0 saturated carbocycles. The molecule has 0 spiro atoms. The maximum atomic E-state index is 13.5. The van der Waals surface area contributed by atoms with Crippen molar-refractivity contribution in [1.29, 1.82) is 0 Å². The van der Waals surface area contributed by atoms with E-state index in [1.165, 1.54) is 0 Å². The van der Waals surface area contributed by atoms with Crippen molar-refractivity contribution in [1.82, 2.24) is 0 Å². The van der Waals surface area contributed by atoms with Crippen LogP contribution in [0, 0.1) is 0 Å². The van der Waals surface area contributed by atoms with Crippen molar-refractivity contribution in [2.24, 2.45) is 0 Å². The number of aromatic hydroxyl groups is 5. The first-order valence-electron chi connectivity index (χ1n) is 10.1. The monoisotopic (exact) mass is 436 g/mol. The Balaban J connectivity index is 2.17. The number of allylic oxidation sites excluding steroid dienone is 3. The first-order valence-corrected chi connectivity index (χ1v) is 10.1. The van der Waals surface area contributed by atoms with Gasteiger partial charge in [0.05, 0.1) is 5.56 Å². The van der Waals surface area contributed by atoms with Crippen molar-refractivity contribution in [3.05, 3.63) is 62.8 Å². The summed E-state index contributed by atoms with van der Waals surface area (Å²) in [6, 6.07) is 2.10. The van der Waals surface area contributed by atoms with Crippen LogP contribution >= 0.6 is 0 Å². The summed E-state index contributed by atoms with van der Waals surface area (Å²) in [5.41, 5.74) is 1.88. The number of phenols is 5. The average molecular weight is 436 g/mol. The summed E-state index contributed by atoms with van der Waals surface area (Å²) < 4.78 is 6.09. The largest absolute Gasteiger partial charge is 0.507 e. The Bertz CT molecular complexity index is 1390. The molecule has 32 heavy (non-hydrogen) atoms. The molecule has 2 aromatic carbocycles. The van der Waals surface area contributed by atoms with Crippen molar-refractivity contribution in [2.75, 3.05) is 0 Å². The van der Waals surface area contributed by atoms with Crippen molar-refractivity contribution >= 4 is 11.0 Å². The Labute approximate surface area is 183 Å². The van der Waals surface area contributed by atoms with Crippen LogP contribution in [0.5, 0.6) is 28.7 Å². The second kappa shape index (κ2) is 7.37. The molecule has 166 valence electrons. The first-order chi connectivity index (χ1) is 15.0. The van der Waals surface area contributed by atoms with Gasteiger partial charge in [-0.25, -0.2) is 0 Å². The third-order valence-electron chi connectivity index (χ3n) is 5.91. The molecule has 7 nitrogen and oxygen atoms in total. The Morgan fingerprint density at radius 2 is 1.72 bits per heavy atom. The topological polar surface area (TPSA) is 131 Å². The highest BCUT2D eigenvalue weighted by molar-refractivity contribution is 5.92. The van der Waals surface area contributed by atoms with Crippen LogP contribution < -0.4 is 5.43 Å². The molecule has 0 fully saturated rings. The van der Waals surface area contributed by atoms with Gasteiger partial charge in [-0.05, 0) is 33.6 Å². The maximum absolute atomic E-state index is 13.5. The molecule has 4 rings (SSSR count). The van der Waals surface area contributed by atoms with E-state index >= 15 is 0 Å². The molecule has 7 heteroatoms. The van der Waals surface area contributed by atoms with E-state index in [2.05, 4.69) is 6.58 Å². The number of rotatable bonds is 3. The minimum atomic E-state index is -0.569. The molecule has 0 unspecified atom stereocenters. The average Bonchev–Trinajstić information content (AvgIpc) is 2.70. The van der Waals surface area contributed by atoms with E-state index in [4.69, 9.17) is 4.42 Å². The summed E-state index contributed by atoms with van der Waals surface area (Å²) >= 11 is 0. The second-order valence-electron chi connectivity index (χ2n) is 8.48. The van der Waals surface area contributed by atoms with Crippen LogP contribution in [0.25, 0.3) is 22.3 Å². The van der Waals surface area contributed by atoms with Crippen LogP contribution in [-0.2, 0) is 12.8 Å². The number of benzene rings is 2. The minimum absolute atomic E-state index is 0.00422. The zero-order valence-electron chi connectivity index (χ0n) is 18.0. The molecule has 1 heterocycles. The van der Waals surface area contributed by atoms with Gasteiger partial charge in [-0.2, -0.15) is 0 Å². The molecule has 1 aromatic heterocycles. The fraction of sp³-hybridized carbons (Fsp3) is 0.240. The summed E-state index contributed by atoms with van der Waals surface area (Å²) in [7, 11) is 0. The van der Waals surface area contributed by atoms with E-state index in [9.17, 15) is 30.3 Å². The van der Waals surface area contributed by atoms with Crippen molar-refractivity contribution < 1.29 is 29.9 Å². The molecule has 0 aliphatic heterocycles. The summed E-state index contributed by atoms with van der Waals surface area (Å²) in [5, 5.41) is 52.2. The highest BCUT2D eigenvalue weighted by Crippen LogP contribution is 2.53.